The van der Waals surface area contributed by atoms with Gasteiger partial charge in [0.15, 0.2) is 17.5 Å². The minimum Gasteiger partial charge on any atom is -0.481 e. The summed E-state index contributed by atoms with van der Waals surface area (Å²) in [7, 11) is 0. The molecule has 22 heavy (non-hydrogen) atoms. The molecular formula is C15H14F3NO3. The first kappa shape index (κ1) is 14.9. The molecule has 2 aliphatic rings. The molecule has 0 aromatic heterocycles. The Hall–Kier alpha value is -2.05. The van der Waals surface area contributed by atoms with E-state index in [0.717, 1.165) is 12.5 Å². The molecule has 0 bridgehead atoms. The van der Waals surface area contributed by atoms with Crippen LogP contribution in [0.25, 0.3) is 0 Å². The van der Waals surface area contributed by atoms with Crippen LogP contribution in [0.4, 0.5) is 13.2 Å². The topological polar surface area (TPSA) is 57.6 Å². The minimum atomic E-state index is -1.70. The van der Waals surface area contributed by atoms with Crippen molar-refractivity contribution >= 4 is 11.9 Å². The molecule has 3 rings (SSSR count). The highest BCUT2D eigenvalue weighted by atomic mass is 19.2. The molecule has 1 saturated carbocycles. The largest absolute Gasteiger partial charge is 0.481 e. The van der Waals surface area contributed by atoms with Crippen molar-refractivity contribution in [3.63, 3.8) is 0 Å². The van der Waals surface area contributed by atoms with Crippen molar-refractivity contribution in [1.82, 2.24) is 4.90 Å². The minimum absolute atomic E-state index is 0.0235. The van der Waals surface area contributed by atoms with E-state index in [1.807, 2.05) is 0 Å². The Morgan fingerprint density at radius 1 is 1.23 bits per heavy atom. The third kappa shape index (κ3) is 1.99. The summed E-state index contributed by atoms with van der Waals surface area (Å²) in [6, 6.07) is 1.58. The molecule has 0 spiro atoms. The van der Waals surface area contributed by atoms with Crippen LogP contribution >= 0.6 is 0 Å². The predicted octanol–water partition coefficient (Wildman–Crippen LogP) is 2.43. The summed E-state index contributed by atoms with van der Waals surface area (Å²) in [5.41, 5.74) is -1.57. The molecule has 7 heteroatoms. The maximum atomic E-state index is 13.7. The molecular weight excluding hydrogens is 299 g/mol. The highest BCUT2D eigenvalue weighted by Gasteiger charge is 2.56. The number of nitrogens with zero attached hydrogens (tertiary/aromatic N) is 1. The molecule has 0 radical (unpaired) electrons. The van der Waals surface area contributed by atoms with Gasteiger partial charge in [-0.2, -0.15) is 0 Å². The van der Waals surface area contributed by atoms with E-state index in [1.54, 1.807) is 0 Å². The highest BCUT2D eigenvalue weighted by molar-refractivity contribution is 5.95. The number of carbonyl (C=O) groups is 2. The van der Waals surface area contributed by atoms with Crippen molar-refractivity contribution in [2.75, 3.05) is 13.1 Å². The van der Waals surface area contributed by atoms with E-state index >= 15 is 0 Å². The summed E-state index contributed by atoms with van der Waals surface area (Å²) in [4.78, 5) is 25.1. The zero-order valence-corrected chi connectivity index (χ0v) is 11.6. The van der Waals surface area contributed by atoms with Gasteiger partial charge in [-0.05, 0) is 30.9 Å². The molecule has 2 fully saturated rings. The second kappa shape index (κ2) is 5.00. The van der Waals surface area contributed by atoms with E-state index in [-0.39, 0.29) is 19.0 Å². The molecule has 1 aliphatic heterocycles. The number of halogens is 3. The number of rotatable bonds is 2. The van der Waals surface area contributed by atoms with Gasteiger partial charge in [-0.25, -0.2) is 13.2 Å². The van der Waals surface area contributed by atoms with Crippen molar-refractivity contribution in [3.8, 4) is 0 Å². The fourth-order valence-electron chi connectivity index (χ4n) is 3.65. The lowest BCUT2D eigenvalue weighted by Crippen LogP contribution is -2.37. The van der Waals surface area contributed by atoms with Crippen LogP contribution in [0, 0.1) is 28.8 Å². The van der Waals surface area contributed by atoms with Gasteiger partial charge in [0.25, 0.3) is 5.91 Å². The molecule has 118 valence electrons. The molecule has 1 heterocycles. The van der Waals surface area contributed by atoms with E-state index in [4.69, 9.17) is 0 Å². The van der Waals surface area contributed by atoms with Gasteiger partial charge in [-0.3, -0.25) is 9.59 Å². The Labute approximate surface area is 124 Å². The Morgan fingerprint density at radius 3 is 2.59 bits per heavy atom. The molecule has 1 aliphatic carbocycles. The number of carboxylic acid groups (broad SMARTS) is 1. The van der Waals surface area contributed by atoms with E-state index in [9.17, 15) is 27.9 Å². The Balaban J connectivity index is 1.89. The quantitative estimate of drug-likeness (QED) is 0.853. The number of carbonyl (C=O) groups excluding carboxylic acids is 1. The van der Waals surface area contributed by atoms with E-state index in [2.05, 4.69) is 0 Å². The molecule has 2 atom stereocenters. The van der Waals surface area contributed by atoms with Gasteiger partial charge in [0.2, 0.25) is 0 Å². The van der Waals surface area contributed by atoms with Crippen LogP contribution in [0.5, 0.6) is 0 Å². The van der Waals surface area contributed by atoms with Gasteiger partial charge in [0.1, 0.15) is 0 Å². The lowest BCUT2D eigenvalue weighted by Gasteiger charge is -2.23. The first-order valence-electron chi connectivity index (χ1n) is 7.03. The molecule has 1 N–H and O–H groups in total. The summed E-state index contributed by atoms with van der Waals surface area (Å²) < 4.78 is 39.9. The zero-order chi connectivity index (χ0) is 16.1. The first-order chi connectivity index (χ1) is 10.4. The molecule has 1 saturated heterocycles. The Bertz CT molecular complexity index is 664. The van der Waals surface area contributed by atoms with E-state index < -0.39 is 40.3 Å². The number of benzene rings is 1. The van der Waals surface area contributed by atoms with Crippen molar-refractivity contribution in [2.45, 2.75) is 19.3 Å². The van der Waals surface area contributed by atoms with Crippen LogP contribution in [0.1, 0.15) is 29.6 Å². The second-order valence-electron chi connectivity index (χ2n) is 5.96. The number of carboxylic acids is 1. The average molecular weight is 313 g/mol. The molecule has 1 aromatic rings. The average Bonchev–Trinajstić information content (AvgIpc) is 3.02. The molecule has 1 aromatic carbocycles. The van der Waals surface area contributed by atoms with Crippen molar-refractivity contribution < 1.29 is 27.9 Å². The van der Waals surface area contributed by atoms with E-state index in [0.29, 0.717) is 18.9 Å². The van der Waals surface area contributed by atoms with Crippen LogP contribution in [0.2, 0.25) is 0 Å². The van der Waals surface area contributed by atoms with Crippen LogP contribution in [0.3, 0.4) is 0 Å². The number of aliphatic carboxylic acids is 1. The number of amides is 1. The summed E-state index contributed by atoms with van der Waals surface area (Å²) >= 11 is 0. The Morgan fingerprint density at radius 2 is 1.95 bits per heavy atom. The van der Waals surface area contributed by atoms with Gasteiger partial charge in [0.05, 0.1) is 11.0 Å². The van der Waals surface area contributed by atoms with Gasteiger partial charge >= 0.3 is 5.97 Å². The number of hydrogen-bond acceptors (Lipinski definition) is 2. The first-order valence-corrected chi connectivity index (χ1v) is 7.03. The van der Waals surface area contributed by atoms with Gasteiger partial charge in [0, 0.05) is 13.1 Å². The molecule has 1 amide bonds. The fourth-order valence-corrected chi connectivity index (χ4v) is 3.65. The van der Waals surface area contributed by atoms with Crippen molar-refractivity contribution in [2.24, 2.45) is 11.3 Å². The van der Waals surface area contributed by atoms with E-state index in [1.165, 1.54) is 4.90 Å². The zero-order valence-electron chi connectivity index (χ0n) is 11.6. The normalized spacial score (nSPS) is 27.0. The summed E-state index contributed by atoms with van der Waals surface area (Å²) in [5.74, 6) is -6.54. The summed E-state index contributed by atoms with van der Waals surface area (Å²) in [5, 5.41) is 9.46. The van der Waals surface area contributed by atoms with Gasteiger partial charge in [-0.15, -0.1) is 0 Å². The van der Waals surface area contributed by atoms with Crippen LogP contribution < -0.4 is 0 Å². The van der Waals surface area contributed by atoms with Crippen molar-refractivity contribution in [3.05, 3.63) is 35.1 Å². The number of hydrogen-bond donors (Lipinski definition) is 1. The molecule has 0 unspecified atom stereocenters. The van der Waals surface area contributed by atoms with Crippen LogP contribution in [-0.4, -0.2) is 35.0 Å². The maximum absolute atomic E-state index is 13.7. The second-order valence-corrected chi connectivity index (χ2v) is 5.96. The van der Waals surface area contributed by atoms with Crippen LogP contribution in [-0.2, 0) is 4.79 Å². The SMILES string of the molecule is O=C(c1ccc(F)c(F)c1F)N1C[C@@H]2CCC[C@@]2(C(=O)O)C1. The number of fused-ring (bicyclic) bond motifs is 1. The third-order valence-corrected chi connectivity index (χ3v) is 4.85. The Kier molecular flexibility index (Phi) is 3.38. The standard InChI is InChI=1S/C15H14F3NO3/c16-10-4-3-9(11(17)12(10)18)13(20)19-6-8-2-1-5-15(8,7-19)14(21)22/h3-4,8H,1-2,5-7H2,(H,21,22)/t8-,15+/m0/s1. The van der Waals surface area contributed by atoms with Gasteiger partial charge in [-0.1, -0.05) is 6.42 Å². The lowest BCUT2D eigenvalue weighted by atomic mass is 9.81. The maximum Gasteiger partial charge on any atom is 0.311 e. The fraction of sp³-hybridized carbons (Fsp3) is 0.467. The van der Waals surface area contributed by atoms with Crippen LogP contribution in [0.15, 0.2) is 12.1 Å². The van der Waals surface area contributed by atoms with Crippen molar-refractivity contribution in [1.29, 1.82) is 0 Å². The smallest absolute Gasteiger partial charge is 0.311 e. The predicted molar refractivity (Wildman–Crippen MR) is 69.6 cm³/mol. The third-order valence-electron chi connectivity index (χ3n) is 4.85. The monoisotopic (exact) mass is 313 g/mol. The lowest BCUT2D eigenvalue weighted by molar-refractivity contribution is -0.149. The summed E-state index contributed by atoms with van der Waals surface area (Å²) in [6.45, 7) is 0.174. The molecule has 4 nitrogen and oxygen atoms in total. The van der Waals surface area contributed by atoms with Gasteiger partial charge < -0.3 is 10.0 Å². The highest BCUT2D eigenvalue weighted by Crippen LogP contribution is 2.49. The number of likely N-dealkylation sites (tertiary alicyclic amines) is 1. The summed E-state index contributed by atoms with van der Waals surface area (Å²) in [6.07, 6.45) is 1.94.